The van der Waals surface area contributed by atoms with Crippen LogP contribution < -0.4 is 5.32 Å². The third-order valence-corrected chi connectivity index (χ3v) is 5.59. The van der Waals surface area contributed by atoms with Crippen molar-refractivity contribution >= 4 is 28.8 Å². The molecular formula is C15H16F3NS2. The van der Waals surface area contributed by atoms with E-state index in [9.17, 15) is 13.2 Å². The van der Waals surface area contributed by atoms with Gasteiger partial charge in [0.2, 0.25) is 0 Å². The van der Waals surface area contributed by atoms with Crippen LogP contribution in [-0.2, 0) is 18.3 Å². The summed E-state index contributed by atoms with van der Waals surface area (Å²) in [5, 5.41) is 3.14. The van der Waals surface area contributed by atoms with Gasteiger partial charge in [0, 0.05) is 28.3 Å². The van der Waals surface area contributed by atoms with Crippen molar-refractivity contribution < 1.29 is 13.2 Å². The Hall–Kier alpha value is -1.14. The molecule has 2 aromatic rings. The molecule has 1 aromatic carbocycles. The highest BCUT2D eigenvalue weighted by molar-refractivity contribution is 7.98. The molecule has 6 heteroatoms. The highest BCUT2D eigenvalue weighted by Gasteiger charge is 2.32. The molecule has 0 aliphatic rings. The first-order valence-electron chi connectivity index (χ1n) is 6.54. The van der Waals surface area contributed by atoms with Crippen LogP contribution in [0.2, 0.25) is 0 Å². The molecule has 0 fully saturated rings. The molecule has 2 rings (SSSR count). The molecule has 0 bridgehead atoms. The van der Waals surface area contributed by atoms with Crippen LogP contribution in [0.1, 0.15) is 22.2 Å². The Morgan fingerprint density at radius 2 is 1.95 bits per heavy atom. The number of halogens is 3. The lowest BCUT2D eigenvalue weighted by molar-refractivity contribution is -0.134. The molecule has 1 heterocycles. The maximum Gasteiger partial charge on any atom is 0.425 e. The number of hydrogen-bond donors (Lipinski definition) is 1. The van der Waals surface area contributed by atoms with Crippen LogP contribution in [0.5, 0.6) is 0 Å². The van der Waals surface area contributed by atoms with Gasteiger partial charge in [-0.15, -0.1) is 23.1 Å². The third kappa shape index (κ3) is 3.95. The molecule has 1 nitrogen and oxygen atoms in total. The Kier molecular flexibility index (Phi) is 5.22. The van der Waals surface area contributed by atoms with Crippen LogP contribution in [-0.4, -0.2) is 7.05 Å². The summed E-state index contributed by atoms with van der Waals surface area (Å²) in [5.41, 5.74) is 2.23. The van der Waals surface area contributed by atoms with Crippen molar-refractivity contribution in [3.05, 3.63) is 45.6 Å². The number of nitrogens with one attached hydrogen (secondary N) is 1. The molecule has 114 valence electrons. The summed E-state index contributed by atoms with van der Waals surface area (Å²) in [4.78, 5) is 1.32. The van der Waals surface area contributed by atoms with E-state index in [1.54, 1.807) is 17.8 Å². The number of hydrogen-bond acceptors (Lipinski definition) is 3. The first-order valence-corrected chi connectivity index (χ1v) is 8.34. The summed E-state index contributed by atoms with van der Waals surface area (Å²) in [6, 6.07) is 8.75. The van der Waals surface area contributed by atoms with Crippen molar-refractivity contribution in [2.75, 3.05) is 12.4 Å². The molecule has 0 atom stereocenters. The molecule has 1 aromatic heterocycles. The minimum absolute atomic E-state index is 0.532. The number of rotatable bonds is 5. The molecule has 0 unspecified atom stereocenters. The molecule has 0 saturated carbocycles. The van der Waals surface area contributed by atoms with Crippen LogP contribution in [0.3, 0.4) is 0 Å². The number of thiophene rings is 1. The average molecular weight is 331 g/mol. The minimum atomic E-state index is -4.24. The van der Waals surface area contributed by atoms with Gasteiger partial charge >= 0.3 is 6.18 Å². The summed E-state index contributed by atoms with van der Waals surface area (Å²) in [6.07, 6.45) is -3.35. The van der Waals surface area contributed by atoms with Gasteiger partial charge in [0.1, 0.15) is 4.88 Å². The molecule has 0 spiro atoms. The third-order valence-electron chi connectivity index (χ3n) is 3.05. The molecule has 21 heavy (non-hydrogen) atoms. The predicted octanol–water partition coefficient (Wildman–Crippen LogP) is 5.66. The molecule has 1 N–H and O–H groups in total. The van der Waals surface area contributed by atoms with Crippen LogP contribution >= 0.6 is 23.1 Å². The van der Waals surface area contributed by atoms with E-state index in [2.05, 4.69) is 18.3 Å². The van der Waals surface area contributed by atoms with Gasteiger partial charge in [-0.1, -0.05) is 19.1 Å². The fourth-order valence-electron chi connectivity index (χ4n) is 1.98. The van der Waals surface area contributed by atoms with E-state index in [4.69, 9.17) is 0 Å². The van der Waals surface area contributed by atoms with Crippen molar-refractivity contribution in [1.29, 1.82) is 0 Å². The van der Waals surface area contributed by atoms with E-state index in [1.165, 1.54) is 5.56 Å². The molecule has 0 aliphatic carbocycles. The van der Waals surface area contributed by atoms with Crippen molar-refractivity contribution in [1.82, 2.24) is 0 Å². The first kappa shape index (κ1) is 16.2. The van der Waals surface area contributed by atoms with E-state index in [1.807, 2.05) is 19.2 Å². The Labute approximate surface area is 130 Å². The molecule has 0 saturated heterocycles. The van der Waals surface area contributed by atoms with Gasteiger partial charge in [-0.05, 0) is 30.2 Å². The topological polar surface area (TPSA) is 12.0 Å². The average Bonchev–Trinajstić information content (AvgIpc) is 2.93. The van der Waals surface area contributed by atoms with E-state index in [0.717, 1.165) is 39.3 Å². The van der Waals surface area contributed by atoms with Crippen LogP contribution in [0.4, 0.5) is 18.9 Å². The lowest BCUT2D eigenvalue weighted by Crippen LogP contribution is -2.00. The maximum atomic E-state index is 12.6. The molecule has 0 aliphatic heterocycles. The van der Waals surface area contributed by atoms with E-state index >= 15 is 0 Å². The lowest BCUT2D eigenvalue weighted by atomic mass is 10.1. The zero-order valence-electron chi connectivity index (χ0n) is 11.8. The summed E-state index contributed by atoms with van der Waals surface area (Å²) >= 11 is 2.40. The first-order chi connectivity index (χ1) is 9.95. The molecule has 0 amide bonds. The SMILES string of the molecule is CCc1cccc(NC)c1SCc1ccc(C(F)(F)F)s1. The molecule has 0 radical (unpaired) electrons. The van der Waals surface area contributed by atoms with E-state index < -0.39 is 11.1 Å². The summed E-state index contributed by atoms with van der Waals surface area (Å²) in [6.45, 7) is 2.08. The smallest absolute Gasteiger partial charge is 0.387 e. The number of anilines is 1. The van der Waals surface area contributed by atoms with E-state index in [-0.39, 0.29) is 0 Å². The Morgan fingerprint density at radius 3 is 2.52 bits per heavy atom. The van der Waals surface area contributed by atoms with Gasteiger partial charge in [0.05, 0.1) is 0 Å². The van der Waals surface area contributed by atoms with Crippen LogP contribution in [0.15, 0.2) is 35.2 Å². The number of aryl methyl sites for hydroxylation is 1. The highest BCUT2D eigenvalue weighted by Crippen LogP contribution is 2.38. The maximum absolute atomic E-state index is 12.6. The van der Waals surface area contributed by atoms with Gasteiger partial charge in [-0.3, -0.25) is 0 Å². The summed E-state index contributed by atoms with van der Waals surface area (Å²) in [7, 11) is 1.85. The number of benzene rings is 1. The second-order valence-corrected chi connectivity index (χ2v) is 6.60. The van der Waals surface area contributed by atoms with Crippen molar-refractivity contribution in [2.24, 2.45) is 0 Å². The monoisotopic (exact) mass is 331 g/mol. The van der Waals surface area contributed by atoms with E-state index in [0.29, 0.717) is 5.75 Å². The Bertz CT molecular complexity index is 583. The van der Waals surface area contributed by atoms with Crippen molar-refractivity contribution in [3.8, 4) is 0 Å². The quantitative estimate of drug-likeness (QED) is 0.709. The fraction of sp³-hybridized carbons (Fsp3) is 0.333. The Morgan fingerprint density at radius 1 is 1.19 bits per heavy atom. The minimum Gasteiger partial charge on any atom is -0.387 e. The fourth-order valence-corrected chi connectivity index (χ4v) is 4.17. The van der Waals surface area contributed by atoms with Gasteiger partial charge in [-0.2, -0.15) is 13.2 Å². The normalized spacial score (nSPS) is 11.7. The zero-order valence-corrected chi connectivity index (χ0v) is 13.4. The second-order valence-electron chi connectivity index (χ2n) is 4.45. The summed E-state index contributed by atoms with van der Waals surface area (Å²) < 4.78 is 37.8. The Balaban J connectivity index is 2.15. The largest absolute Gasteiger partial charge is 0.425 e. The number of alkyl halides is 3. The lowest BCUT2D eigenvalue weighted by Gasteiger charge is -2.12. The standard InChI is InChI=1S/C15H16F3NS2/c1-3-10-5-4-6-12(19-2)14(10)20-9-11-7-8-13(21-11)15(16,17)18/h4-8,19H,3,9H2,1-2H3. The molecular weight excluding hydrogens is 315 g/mol. The van der Waals surface area contributed by atoms with Gasteiger partial charge in [0.15, 0.2) is 0 Å². The zero-order chi connectivity index (χ0) is 15.5. The summed E-state index contributed by atoms with van der Waals surface area (Å²) in [5.74, 6) is 0.548. The van der Waals surface area contributed by atoms with Crippen molar-refractivity contribution in [3.63, 3.8) is 0 Å². The van der Waals surface area contributed by atoms with Gasteiger partial charge in [0.25, 0.3) is 0 Å². The van der Waals surface area contributed by atoms with Gasteiger partial charge in [-0.25, -0.2) is 0 Å². The number of thioether (sulfide) groups is 1. The highest BCUT2D eigenvalue weighted by atomic mass is 32.2. The van der Waals surface area contributed by atoms with Crippen LogP contribution in [0, 0.1) is 0 Å². The van der Waals surface area contributed by atoms with Gasteiger partial charge < -0.3 is 5.32 Å². The predicted molar refractivity (Wildman–Crippen MR) is 84.2 cm³/mol. The van der Waals surface area contributed by atoms with Crippen molar-refractivity contribution in [2.45, 2.75) is 30.2 Å². The van der Waals surface area contributed by atoms with Crippen LogP contribution in [0.25, 0.3) is 0 Å². The second kappa shape index (κ2) is 6.75.